The third-order valence-corrected chi connectivity index (χ3v) is 6.37. The van der Waals surface area contributed by atoms with Crippen LogP contribution in [0.3, 0.4) is 0 Å². The second-order valence-corrected chi connectivity index (χ2v) is 9.05. The smallest absolute Gasteiger partial charge is 0.261 e. The maximum atomic E-state index is 13.1. The van der Waals surface area contributed by atoms with E-state index in [1.54, 1.807) is 12.1 Å². The van der Waals surface area contributed by atoms with E-state index in [1.165, 1.54) is 18.2 Å². The van der Waals surface area contributed by atoms with E-state index in [-0.39, 0.29) is 40.4 Å². The van der Waals surface area contributed by atoms with Crippen molar-refractivity contribution < 1.29 is 27.1 Å². The van der Waals surface area contributed by atoms with Crippen molar-refractivity contribution >= 4 is 33.2 Å². The average molecular weight is 477 g/mol. The first-order valence-electron chi connectivity index (χ1n) is 9.56. The number of anilines is 1. The molecular weight excluding hydrogens is 459 g/mol. The minimum Gasteiger partial charge on any atom is -0.486 e. The summed E-state index contributed by atoms with van der Waals surface area (Å²) in [7, 11) is -4.02. The third kappa shape index (κ3) is 4.95. The number of rotatable bonds is 6. The third-order valence-electron chi connectivity index (χ3n) is 4.65. The summed E-state index contributed by atoms with van der Waals surface area (Å²) in [6, 6.07) is 15.8. The van der Waals surface area contributed by atoms with Crippen LogP contribution >= 0.6 is 11.6 Å². The second-order valence-electron chi connectivity index (χ2n) is 6.96. The Balaban J connectivity index is 1.43. The summed E-state index contributed by atoms with van der Waals surface area (Å²) >= 11 is 6.11. The van der Waals surface area contributed by atoms with Crippen LogP contribution in [0.5, 0.6) is 11.5 Å². The van der Waals surface area contributed by atoms with Crippen LogP contribution in [-0.4, -0.2) is 33.6 Å². The maximum absolute atomic E-state index is 13.1. The number of para-hydroxylation sites is 2. The van der Waals surface area contributed by atoms with E-state index in [1.807, 2.05) is 12.1 Å². The van der Waals surface area contributed by atoms with Crippen molar-refractivity contribution in [2.24, 2.45) is 0 Å². The summed E-state index contributed by atoms with van der Waals surface area (Å²) < 4.78 is 52.0. The molecule has 1 aliphatic heterocycles. The molecule has 1 heterocycles. The van der Waals surface area contributed by atoms with Gasteiger partial charge >= 0.3 is 0 Å². The molecule has 166 valence electrons. The Kier molecular flexibility index (Phi) is 6.20. The molecule has 0 fully saturated rings. The molecule has 3 aromatic carbocycles. The van der Waals surface area contributed by atoms with E-state index in [2.05, 4.69) is 10.0 Å². The van der Waals surface area contributed by atoms with E-state index >= 15 is 0 Å². The molecule has 4 rings (SSSR count). The quantitative estimate of drug-likeness (QED) is 0.563. The number of carbonyl (C=O) groups is 1. The van der Waals surface area contributed by atoms with Gasteiger partial charge in [0.2, 0.25) is 0 Å². The monoisotopic (exact) mass is 476 g/mol. The number of hydrogen-bond acceptors (Lipinski definition) is 5. The highest BCUT2D eigenvalue weighted by Gasteiger charge is 2.22. The molecule has 0 unspecified atom stereocenters. The van der Waals surface area contributed by atoms with Crippen LogP contribution in [0.2, 0.25) is 5.02 Å². The number of fused-ring (bicyclic) bond motifs is 1. The van der Waals surface area contributed by atoms with E-state index in [0.717, 1.165) is 24.3 Å². The number of carbonyl (C=O) groups excluding carboxylic acids is 1. The zero-order valence-electron chi connectivity index (χ0n) is 16.5. The number of amides is 1. The molecule has 0 aliphatic carbocycles. The van der Waals surface area contributed by atoms with Crippen molar-refractivity contribution in [3.63, 3.8) is 0 Å². The molecular formula is C22H18ClFN2O5S. The summed E-state index contributed by atoms with van der Waals surface area (Å²) in [4.78, 5) is 12.5. The van der Waals surface area contributed by atoms with Gasteiger partial charge in [-0.15, -0.1) is 0 Å². The Morgan fingerprint density at radius 1 is 1.06 bits per heavy atom. The lowest BCUT2D eigenvalue weighted by atomic mass is 10.2. The molecule has 1 amide bonds. The van der Waals surface area contributed by atoms with Gasteiger partial charge in [0.1, 0.15) is 18.5 Å². The van der Waals surface area contributed by atoms with Crippen LogP contribution in [-0.2, 0) is 10.0 Å². The fraction of sp³-hybridized carbons (Fsp3) is 0.136. The van der Waals surface area contributed by atoms with Gasteiger partial charge in [-0.2, -0.15) is 0 Å². The van der Waals surface area contributed by atoms with Gasteiger partial charge in [0, 0.05) is 5.56 Å². The molecule has 0 bridgehead atoms. The molecule has 10 heteroatoms. The van der Waals surface area contributed by atoms with Crippen LogP contribution in [0.25, 0.3) is 0 Å². The molecule has 0 saturated carbocycles. The summed E-state index contributed by atoms with van der Waals surface area (Å²) in [6.45, 7) is 0.465. The van der Waals surface area contributed by atoms with Crippen LogP contribution < -0.4 is 19.5 Å². The van der Waals surface area contributed by atoms with Gasteiger partial charge in [-0.05, 0) is 54.6 Å². The van der Waals surface area contributed by atoms with E-state index in [4.69, 9.17) is 21.1 Å². The lowest BCUT2D eigenvalue weighted by Gasteiger charge is -2.26. The van der Waals surface area contributed by atoms with Gasteiger partial charge < -0.3 is 14.8 Å². The summed E-state index contributed by atoms with van der Waals surface area (Å²) in [6.07, 6.45) is -0.377. The van der Waals surface area contributed by atoms with Crippen LogP contribution in [0.1, 0.15) is 10.4 Å². The van der Waals surface area contributed by atoms with Gasteiger partial charge in [-0.1, -0.05) is 23.7 Å². The van der Waals surface area contributed by atoms with Crippen LogP contribution in [0.4, 0.5) is 10.1 Å². The highest BCUT2D eigenvalue weighted by Crippen LogP contribution is 2.31. The molecule has 0 radical (unpaired) electrons. The van der Waals surface area contributed by atoms with Gasteiger partial charge in [0.15, 0.2) is 11.5 Å². The summed E-state index contributed by atoms with van der Waals surface area (Å²) in [5.41, 5.74) is 0.221. The van der Waals surface area contributed by atoms with Crippen LogP contribution in [0.15, 0.2) is 71.6 Å². The Bertz CT molecular complexity index is 1250. The number of benzene rings is 3. The molecule has 7 nitrogen and oxygen atoms in total. The standard InChI is InChI=1S/C22H18ClFN2O5S/c23-18-10-5-14(11-19(18)26-32(28,29)17-8-6-15(24)7-9-17)22(27)25-12-16-13-30-20-3-1-2-4-21(20)31-16/h1-11,16,26H,12-13H2,(H,25,27)/t16-/m0/s1. The first-order valence-corrected chi connectivity index (χ1v) is 11.4. The Morgan fingerprint density at radius 2 is 1.78 bits per heavy atom. The highest BCUT2D eigenvalue weighted by molar-refractivity contribution is 7.92. The lowest BCUT2D eigenvalue weighted by Crippen LogP contribution is -2.40. The van der Waals surface area contributed by atoms with Gasteiger partial charge in [0.25, 0.3) is 15.9 Å². The van der Waals surface area contributed by atoms with Crippen molar-refractivity contribution in [2.45, 2.75) is 11.0 Å². The first-order chi connectivity index (χ1) is 15.3. The number of nitrogens with one attached hydrogen (secondary N) is 2. The molecule has 1 atom stereocenters. The number of hydrogen-bond donors (Lipinski definition) is 2. The van der Waals surface area contributed by atoms with Crippen molar-refractivity contribution in [1.82, 2.24) is 5.32 Å². The van der Waals surface area contributed by atoms with Gasteiger partial charge in [-0.3, -0.25) is 9.52 Å². The molecule has 0 aromatic heterocycles. The molecule has 32 heavy (non-hydrogen) atoms. The van der Waals surface area contributed by atoms with Crippen molar-refractivity contribution in [3.8, 4) is 11.5 Å². The Morgan fingerprint density at radius 3 is 2.53 bits per heavy atom. The average Bonchev–Trinajstić information content (AvgIpc) is 2.79. The molecule has 0 saturated heterocycles. The van der Waals surface area contributed by atoms with Gasteiger partial charge in [0.05, 0.1) is 22.2 Å². The molecule has 2 N–H and O–H groups in total. The van der Waals surface area contributed by atoms with Gasteiger partial charge in [-0.25, -0.2) is 12.8 Å². The molecule has 0 spiro atoms. The second kappa shape index (κ2) is 9.05. The topological polar surface area (TPSA) is 93.7 Å². The Labute approximate surface area is 189 Å². The zero-order valence-corrected chi connectivity index (χ0v) is 18.1. The van der Waals surface area contributed by atoms with Crippen molar-refractivity contribution in [2.75, 3.05) is 17.9 Å². The minimum absolute atomic E-state index is 0.0230. The normalized spacial score (nSPS) is 15.1. The number of sulfonamides is 1. The fourth-order valence-corrected chi connectivity index (χ4v) is 4.33. The SMILES string of the molecule is O=C(NC[C@H]1COc2ccccc2O1)c1ccc(Cl)c(NS(=O)(=O)c2ccc(F)cc2)c1. The van der Waals surface area contributed by atoms with E-state index in [9.17, 15) is 17.6 Å². The lowest BCUT2D eigenvalue weighted by molar-refractivity contribution is 0.0789. The Hall–Kier alpha value is -3.30. The van der Waals surface area contributed by atoms with E-state index in [0.29, 0.717) is 11.5 Å². The largest absolute Gasteiger partial charge is 0.486 e. The first kappa shape index (κ1) is 21.9. The molecule has 3 aromatic rings. The maximum Gasteiger partial charge on any atom is 0.261 e. The van der Waals surface area contributed by atoms with Crippen molar-refractivity contribution in [1.29, 1.82) is 0 Å². The van der Waals surface area contributed by atoms with Crippen molar-refractivity contribution in [3.05, 3.63) is 83.1 Å². The highest BCUT2D eigenvalue weighted by atomic mass is 35.5. The summed E-state index contributed by atoms with van der Waals surface area (Å²) in [5, 5.41) is 2.85. The van der Waals surface area contributed by atoms with Crippen LogP contribution in [0, 0.1) is 5.82 Å². The minimum atomic E-state index is -4.02. The molecule has 1 aliphatic rings. The summed E-state index contributed by atoms with van der Waals surface area (Å²) in [5.74, 6) is 0.246. The number of halogens is 2. The van der Waals surface area contributed by atoms with E-state index < -0.39 is 21.7 Å². The zero-order chi connectivity index (χ0) is 22.7. The predicted molar refractivity (Wildman–Crippen MR) is 117 cm³/mol. The fourth-order valence-electron chi connectivity index (χ4n) is 3.03. The predicted octanol–water partition coefficient (Wildman–Crippen LogP) is 3.85. The number of ether oxygens (including phenoxy) is 2.